The van der Waals surface area contributed by atoms with Crippen LogP contribution in [0.4, 0.5) is 0 Å². The van der Waals surface area contributed by atoms with E-state index < -0.39 is 5.97 Å². The van der Waals surface area contributed by atoms with Crippen LogP contribution in [-0.2, 0) is 4.79 Å². The van der Waals surface area contributed by atoms with Crippen LogP contribution >= 0.6 is 0 Å². The van der Waals surface area contributed by atoms with Crippen LogP contribution in [0.5, 0.6) is 0 Å². The predicted molar refractivity (Wildman–Crippen MR) is 46.9 cm³/mol. The van der Waals surface area contributed by atoms with Crippen molar-refractivity contribution >= 4 is 5.97 Å². The van der Waals surface area contributed by atoms with E-state index in [4.69, 9.17) is 5.11 Å². The second-order valence-electron chi connectivity index (χ2n) is 3.93. The van der Waals surface area contributed by atoms with Gasteiger partial charge in [0, 0.05) is 6.54 Å². The Balaban J connectivity index is 2.46. The van der Waals surface area contributed by atoms with Gasteiger partial charge in [-0.25, -0.2) is 0 Å². The topological polar surface area (TPSA) is 49.3 Å². The molecule has 1 aliphatic heterocycles. The summed E-state index contributed by atoms with van der Waals surface area (Å²) in [6.45, 7) is 5.91. The summed E-state index contributed by atoms with van der Waals surface area (Å²) < 4.78 is 0. The third-order valence-electron chi connectivity index (χ3n) is 2.68. The second-order valence-corrected chi connectivity index (χ2v) is 3.93. The Morgan fingerprint density at radius 1 is 1.50 bits per heavy atom. The summed E-state index contributed by atoms with van der Waals surface area (Å²) in [4.78, 5) is 10.7. The molecule has 3 heteroatoms. The van der Waals surface area contributed by atoms with E-state index in [1.807, 2.05) is 0 Å². The Kier molecular flexibility index (Phi) is 3.09. The average Bonchev–Trinajstić information content (AvgIpc) is 2.04. The molecule has 0 aromatic heterocycles. The first-order valence-corrected chi connectivity index (χ1v) is 4.54. The van der Waals surface area contributed by atoms with Crippen LogP contribution in [0.25, 0.3) is 0 Å². The van der Waals surface area contributed by atoms with Crippen molar-refractivity contribution in [3.8, 4) is 0 Å². The fourth-order valence-electron chi connectivity index (χ4n) is 1.67. The van der Waals surface area contributed by atoms with Crippen LogP contribution in [0.1, 0.15) is 20.3 Å². The molecule has 1 rings (SSSR count). The largest absolute Gasteiger partial charge is 0.481 e. The van der Waals surface area contributed by atoms with Gasteiger partial charge in [0.15, 0.2) is 0 Å². The molecular formula is C9H17NO2. The SMILES string of the molecule is CC(C)C1CNCC(C(=O)O)C1. The van der Waals surface area contributed by atoms with Crippen LogP contribution in [0.3, 0.4) is 0 Å². The number of aliphatic carboxylic acids is 1. The van der Waals surface area contributed by atoms with Gasteiger partial charge in [-0.15, -0.1) is 0 Å². The molecule has 3 nitrogen and oxygen atoms in total. The predicted octanol–water partition coefficient (Wildman–Crippen LogP) is 0.953. The molecule has 2 atom stereocenters. The van der Waals surface area contributed by atoms with Crippen molar-refractivity contribution < 1.29 is 9.90 Å². The van der Waals surface area contributed by atoms with Crippen molar-refractivity contribution in [3.05, 3.63) is 0 Å². The molecule has 70 valence electrons. The van der Waals surface area contributed by atoms with Crippen LogP contribution in [0.15, 0.2) is 0 Å². The van der Waals surface area contributed by atoms with Gasteiger partial charge in [-0.3, -0.25) is 4.79 Å². The molecule has 0 radical (unpaired) electrons. The van der Waals surface area contributed by atoms with Crippen LogP contribution in [-0.4, -0.2) is 24.2 Å². The Morgan fingerprint density at radius 2 is 2.17 bits per heavy atom. The summed E-state index contributed by atoms with van der Waals surface area (Å²) in [5, 5.41) is 12.0. The molecule has 1 fully saturated rings. The Bertz CT molecular complexity index is 168. The summed E-state index contributed by atoms with van der Waals surface area (Å²) in [5.41, 5.74) is 0. The standard InChI is InChI=1S/C9H17NO2/c1-6(2)7-3-8(9(11)12)5-10-4-7/h6-8,10H,3-5H2,1-2H3,(H,11,12). The van der Waals surface area contributed by atoms with Gasteiger partial charge < -0.3 is 10.4 Å². The first-order chi connectivity index (χ1) is 5.61. The molecule has 1 heterocycles. The molecule has 2 unspecified atom stereocenters. The summed E-state index contributed by atoms with van der Waals surface area (Å²) in [5.74, 6) is 0.276. The van der Waals surface area contributed by atoms with Gasteiger partial charge in [0.25, 0.3) is 0 Å². The second kappa shape index (κ2) is 3.90. The van der Waals surface area contributed by atoms with Crippen molar-refractivity contribution in [1.82, 2.24) is 5.32 Å². The van der Waals surface area contributed by atoms with E-state index in [-0.39, 0.29) is 5.92 Å². The number of hydrogen-bond donors (Lipinski definition) is 2. The zero-order valence-electron chi connectivity index (χ0n) is 7.71. The molecule has 0 amide bonds. The van der Waals surface area contributed by atoms with Gasteiger partial charge in [-0.2, -0.15) is 0 Å². The molecule has 12 heavy (non-hydrogen) atoms. The van der Waals surface area contributed by atoms with Gasteiger partial charge in [0.1, 0.15) is 0 Å². The number of carbonyl (C=O) groups is 1. The lowest BCUT2D eigenvalue weighted by molar-refractivity contribution is -0.142. The first-order valence-electron chi connectivity index (χ1n) is 4.54. The molecule has 0 aliphatic carbocycles. The Morgan fingerprint density at radius 3 is 2.67 bits per heavy atom. The maximum atomic E-state index is 10.7. The first kappa shape index (κ1) is 9.52. The maximum Gasteiger partial charge on any atom is 0.307 e. The van der Waals surface area contributed by atoms with E-state index in [9.17, 15) is 4.79 Å². The highest BCUT2D eigenvalue weighted by Crippen LogP contribution is 2.22. The van der Waals surface area contributed by atoms with Crippen molar-refractivity contribution in [1.29, 1.82) is 0 Å². The highest BCUT2D eigenvalue weighted by Gasteiger charge is 2.27. The molecule has 0 spiro atoms. The van der Waals surface area contributed by atoms with E-state index in [1.54, 1.807) is 0 Å². The van der Waals surface area contributed by atoms with Gasteiger partial charge in [-0.05, 0) is 24.8 Å². The van der Waals surface area contributed by atoms with Crippen molar-refractivity contribution in [3.63, 3.8) is 0 Å². The van der Waals surface area contributed by atoms with Crippen LogP contribution in [0.2, 0.25) is 0 Å². The summed E-state index contributed by atoms with van der Waals surface area (Å²) in [6, 6.07) is 0. The molecule has 0 bridgehead atoms. The lowest BCUT2D eigenvalue weighted by Gasteiger charge is -2.30. The number of carboxylic acids is 1. The molecule has 2 N–H and O–H groups in total. The lowest BCUT2D eigenvalue weighted by Crippen LogP contribution is -2.41. The monoisotopic (exact) mass is 171 g/mol. The van der Waals surface area contributed by atoms with Crippen molar-refractivity contribution in [2.75, 3.05) is 13.1 Å². The van der Waals surface area contributed by atoms with Gasteiger partial charge in [-0.1, -0.05) is 13.8 Å². The third kappa shape index (κ3) is 2.21. The van der Waals surface area contributed by atoms with Crippen molar-refractivity contribution in [2.24, 2.45) is 17.8 Å². The molecule has 0 aromatic carbocycles. The van der Waals surface area contributed by atoms with E-state index in [2.05, 4.69) is 19.2 Å². The smallest absolute Gasteiger partial charge is 0.307 e. The quantitative estimate of drug-likeness (QED) is 0.650. The Hall–Kier alpha value is -0.570. The minimum atomic E-state index is -0.659. The van der Waals surface area contributed by atoms with Gasteiger partial charge >= 0.3 is 5.97 Å². The Labute approximate surface area is 73.2 Å². The van der Waals surface area contributed by atoms with E-state index in [0.29, 0.717) is 18.4 Å². The highest BCUT2D eigenvalue weighted by molar-refractivity contribution is 5.70. The maximum absolute atomic E-state index is 10.7. The van der Waals surface area contributed by atoms with E-state index in [1.165, 1.54) is 0 Å². The van der Waals surface area contributed by atoms with Crippen LogP contribution in [0, 0.1) is 17.8 Å². The fourth-order valence-corrected chi connectivity index (χ4v) is 1.67. The fraction of sp³-hybridized carbons (Fsp3) is 0.889. The number of piperidine rings is 1. The third-order valence-corrected chi connectivity index (χ3v) is 2.68. The molecule has 0 aromatic rings. The normalized spacial score (nSPS) is 30.6. The summed E-state index contributed by atoms with van der Waals surface area (Å²) in [7, 11) is 0. The minimum Gasteiger partial charge on any atom is -0.481 e. The minimum absolute atomic E-state index is 0.175. The van der Waals surface area contributed by atoms with Gasteiger partial charge in [0.05, 0.1) is 5.92 Å². The highest BCUT2D eigenvalue weighted by atomic mass is 16.4. The molecule has 1 aliphatic rings. The molecule has 0 saturated carbocycles. The summed E-state index contributed by atoms with van der Waals surface area (Å²) >= 11 is 0. The zero-order chi connectivity index (χ0) is 9.14. The average molecular weight is 171 g/mol. The van der Waals surface area contributed by atoms with Gasteiger partial charge in [0.2, 0.25) is 0 Å². The number of nitrogens with one attached hydrogen (secondary N) is 1. The molecular weight excluding hydrogens is 154 g/mol. The number of rotatable bonds is 2. The lowest BCUT2D eigenvalue weighted by atomic mass is 9.83. The number of carboxylic acid groups (broad SMARTS) is 1. The van der Waals surface area contributed by atoms with Crippen LogP contribution < -0.4 is 5.32 Å². The van der Waals surface area contributed by atoms with Crippen molar-refractivity contribution in [2.45, 2.75) is 20.3 Å². The van der Waals surface area contributed by atoms with E-state index in [0.717, 1.165) is 13.0 Å². The summed E-state index contributed by atoms with van der Waals surface area (Å²) in [6.07, 6.45) is 0.833. The molecule has 1 saturated heterocycles. The zero-order valence-corrected chi connectivity index (χ0v) is 7.71. The number of hydrogen-bond acceptors (Lipinski definition) is 2. The van der Waals surface area contributed by atoms with E-state index >= 15 is 0 Å².